The lowest BCUT2D eigenvalue weighted by atomic mass is 9.96. The van der Waals surface area contributed by atoms with Crippen molar-refractivity contribution in [2.24, 2.45) is 0 Å². The van der Waals surface area contributed by atoms with Crippen LogP contribution in [-0.4, -0.2) is 30.3 Å². The third-order valence-electron chi connectivity index (χ3n) is 4.00. The highest BCUT2D eigenvalue weighted by Crippen LogP contribution is 2.31. The number of benzene rings is 1. The summed E-state index contributed by atoms with van der Waals surface area (Å²) in [6, 6.07) is 3.79. The smallest absolute Gasteiger partial charge is 0.254 e. The monoisotopic (exact) mass is 321 g/mol. The van der Waals surface area contributed by atoms with Gasteiger partial charge in [-0.1, -0.05) is 12.8 Å². The molecule has 0 radical (unpaired) electrons. The lowest BCUT2D eigenvalue weighted by Gasteiger charge is -2.28. The minimum atomic E-state index is -0.937. The molecule has 1 aromatic carbocycles. The highest BCUT2D eigenvalue weighted by atomic mass is 19.1. The van der Waals surface area contributed by atoms with Crippen LogP contribution < -0.4 is 16.0 Å². The molecule has 6 nitrogen and oxygen atoms in total. The summed E-state index contributed by atoms with van der Waals surface area (Å²) in [7, 11) is 1.40. The van der Waals surface area contributed by atoms with Crippen LogP contribution in [0.2, 0.25) is 0 Å². The third kappa shape index (κ3) is 3.67. The van der Waals surface area contributed by atoms with Crippen LogP contribution in [0.1, 0.15) is 43.0 Å². The molecule has 0 heterocycles. The number of carbonyl (C=O) groups excluding carboxylic acids is 3. The van der Waals surface area contributed by atoms with E-state index in [1.165, 1.54) is 26.1 Å². The highest BCUT2D eigenvalue weighted by molar-refractivity contribution is 6.02. The Labute approximate surface area is 133 Å². The molecule has 0 aromatic heterocycles. The lowest BCUT2D eigenvalue weighted by molar-refractivity contribution is -0.129. The van der Waals surface area contributed by atoms with Crippen LogP contribution in [0.25, 0.3) is 0 Å². The molecular weight excluding hydrogens is 301 g/mol. The van der Waals surface area contributed by atoms with Gasteiger partial charge in [-0.05, 0) is 31.0 Å². The summed E-state index contributed by atoms with van der Waals surface area (Å²) in [6.45, 7) is 1.37. The molecule has 1 fully saturated rings. The van der Waals surface area contributed by atoms with E-state index in [1.807, 2.05) is 0 Å². The van der Waals surface area contributed by atoms with Crippen molar-refractivity contribution in [3.05, 3.63) is 29.6 Å². The Morgan fingerprint density at radius 1 is 1.17 bits per heavy atom. The van der Waals surface area contributed by atoms with Crippen molar-refractivity contribution in [3.8, 4) is 0 Å². The van der Waals surface area contributed by atoms with Crippen LogP contribution in [-0.2, 0) is 9.59 Å². The van der Waals surface area contributed by atoms with Crippen molar-refractivity contribution in [1.82, 2.24) is 10.6 Å². The zero-order valence-electron chi connectivity index (χ0n) is 13.2. The molecule has 124 valence electrons. The van der Waals surface area contributed by atoms with E-state index in [0.29, 0.717) is 18.5 Å². The molecule has 0 unspecified atom stereocenters. The fraction of sp³-hybridized carbons (Fsp3) is 0.438. The molecule has 0 saturated heterocycles. The van der Waals surface area contributed by atoms with Crippen LogP contribution in [0.4, 0.5) is 10.1 Å². The SMILES string of the molecule is CNC(=O)c1cc(NC(=O)C2(NC(C)=O)CCCC2)ccc1F. The van der Waals surface area contributed by atoms with Gasteiger partial charge in [0.2, 0.25) is 11.8 Å². The maximum atomic E-state index is 13.7. The Kier molecular flexibility index (Phi) is 4.98. The second-order valence-electron chi connectivity index (χ2n) is 5.70. The standard InChI is InChI=1S/C16H20FN3O3/c1-10(21)20-16(7-3-4-8-16)15(23)19-11-5-6-13(17)12(9-11)14(22)18-2/h5-6,9H,3-4,7-8H2,1-2H3,(H,18,22)(H,19,23)(H,20,21). The van der Waals surface area contributed by atoms with Crippen LogP contribution >= 0.6 is 0 Å². The van der Waals surface area contributed by atoms with E-state index < -0.39 is 17.3 Å². The number of amides is 3. The van der Waals surface area contributed by atoms with Gasteiger partial charge in [-0.2, -0.15) is 0 Å². The van der Waals surface area contributed by atoms with E-state index in [0.717, 1.165) is 18.9 Å². The van der Waals surface area contributed by atoms with E-state index in [-0.39, 0.29) is 17.4 Å². The molecule has 1 aliphatic carbocycles. The normalized spacial score (nSPS) is 15.8. The molecule has 0 bridgehead atoms. The van der Waals surface area contributed by atoms with E-state index >= 15 is 0 Å². The number of halogens is 1. The van der Waals surface area contributed by atoms with Crippen LogP contribution in [0.15, 0.2) is 18.2 Å². The molecule has 1 saturated carbocycles. The van der Waals surface area contributed by atoms with Crippen molar-refractivity contribution in [3.63, 3.8) is 0 Å². The van der Waals surface area contributed by atoms with Gasteiger partial charge in [-0.15, -0.1) is 0 Å². The molecule has 1 aliphatic rings. The predicted molar refractivity (Wildman–Crippen MR) is 83.4 cm³/mol. The Morgan fingerprint density at radius 2 is 1.83 bits per heavy atom. The number of nitrogens with one attached hydrogen (secondary N) is 3. The zero-order chi connectivity index (χ0) is 17.0. The van der Waals surface area contributed by atoms with Gasteiger partial charge >= 0.3 is 0 Å². The fourth-order valence-corrected chi connectivity index (χ4v) is 2.89. The predicted octanol–water partition coefficient (Wildman–Crippen LogP) is 1.57. The Balaban J connectivity index is 2.22. The Bertz CT molecular complexity index is 639. The minimum Gasteiger partial charge on any atom is -0.355 e. The Hall–Kier alpha value is -2.44. The molecule has 3 N–H and O–H groups in total. The molecule has 3 amide bonds. The number of hydrogen-bond acceptors (Lipinski definition) is 3. The first-order chi connectivity index (χ1) is 10.9. The number of hydrogen-bond donors (Lipinski definition) is 3. The maximum Gasteiger partial charge on any atom is 0.254 e. The van der Waals surface area contributed by atoms with Crippen molar-refractivity contribution >= 4 is 23.4 Å². The molecule has 0 spiro atoms. The second-order valence-corrected chi connectivity index (χ2v) is 5.70. The van der Waals surface area contributed by atoms with Crippen molar-refractivity contribution in [2.45, 2.75) is 38.1 Å². The summed E-state index contributed by atoms with van der Waals surface area (Å²) in [6.07, 6.45) is 2.81. The van der Waals surface area contributed by atoms with Gasteiger partial charge in [-0.3, -0.25) is 14.4 Å². The molecule has 1 aromatic rings. The van der Waals surface area contributed by atoms with Gasteiger partial charge in [-0.25, -0.2) is 4.39 Å². The fourth-order valence-electron chi connectivity index (χ4n) is 2.89. The van der Waals surface area contributed by atoms with E-state index in [1.54, 1.807) is 0 Å². The average Bonchev–Trinajstić information content (AvgIpc) is 2.97. The summed E-state index contributed by atoms with van der Waals surface area (Å²) in [5.41, 5.74) is -0.773. The van der Waals surface area contributed by atoms with Crippen molar-refractivity contribution in [2.75, 3.05) is 12.4 Å². The molecular formula is C16H20FN3O3. The summed E-state index contributed by atoms with van der Waals surface area (Å²) >= 11 is 0. The molecule has 7 heteroatoms. The van der Waals surface area contributed by atoms with E-state index in [4.69, 9.17) is 0 Å². The summed E-state index contributed by atoms with van der Waals surface area (Å²) in [5.74, 6) is -1.86. The largest absolute Gasteiger partial charge is 0.355 e. The van der Waals surface area contributed by atoms with Gasteiger partial charge < -0.3 is 16.0 Å². The zero-order valence-corrected chi connectivity index (χ0v) is 13.2. The van der Waals surface area contributed by atoms with Crippen LogP contribution in [0.5, 0.6) is 0 Å². The molecule has 2 rings (SSSR count). The molecule has 0 aliphatic heterocycles. The second kappa shape index (κ2) is 6.76. The Morgan fingerprint density at radius 3 is 2.39 bits per heavy atom. The van der Waals surface area contributed by atoms with Gasteiger partial charge in [0.15, 0.2) is 0 Å². The van der Waals surface area contributed by atoms with Crippen molar-refractivity contribution in [1.29, 1.82) is 0 Å². The number of anilines is 1. The average molecular weight is 321 g/mol. The van der Waals surface area contributed by atoms with E-state index in [9.17, 15) is 18.8 Å². The first-order valence-corrected chi connectivity index (χ1v) is 7.50. The third-order valence-corrected chi connectivity index (χ3v) is 4.00. The summed E-state index contributed by atoms with van der Waals surface area (Å²) < 4.78 is 13.7. The summed E-state index contributed by atoms with van der Waals surface area (Å²) in [4.78, 5) is 35.6. The van der Waals surface area contributed by atoms with Crippen LogP contribution in [0, 0.1) is 5.82 Å². The van der Waals surface area contributed by atoms with Gasteiger partial charge in [0.25, 0.3) is 5.91 Å². The first kappa shape index (κ1) is 16.9. The lowest BCUT2D eigenvalue weighted by Crippen LogP contribution is -2.54. The van der Waals surface area contributed by atoms with Gasteiger partial charge in [0, 0.05) is 19.7 Å². The van der Waals surface area contributed by atoms with E-state index in [2.05, 4.69) is 16.0 Å². The maximum absolute atomic E-state index is 13.7. The molecule has 23 heavy (non-hydrogen) atoms. The van der Waals surface area contributed by atoms with Gasteiger partial charge in [0.1, 0.15) is 11.4 Å². The van der Waals surface area contributed by atoms with Crippen LogP contribution in [0.3, 0.4) is 0 Å². The summed E-state index contributed by atoms with van der Waals surface area (Å²) in [5, 5.41) is 7.75. The minimum absolute atomic E-state index is 0.148. The quantitative estimate of drug-likeness (QED) is 0.787. The van der Waals surface area contributed by atoms with Crippen molar-refractivity contribution < 1.29 is 18.8 Å². The molecule has 0 atom stereocenters. The number of rotatable bonds is 4. The first-order valence-electron chi connectivity index (χ1n) is 7.50. The highest BCUT2D eigenvalue weighted by Gasteiger charge is 2.41. The van der Waals surface area contributed by atoms with Gasteiger partial charge in [0.05, 0.1) is 5.56 Å². The number of carbonyl (C=O) groups is 3. The topological polar surface area (TPSA) is 87.3 Å².